The summed E-state index contributed by atoms with van der Waals surface area (Å²) in [5.74, 6) is -1.04. The molecule has 4 rings (SSSR count). The summed E-state index contributed by atoms with van der Waals surface area (Å²) in [7, 11) is 1.56. The molecule has 2 saturated heterocycles. The predicted molar refractivity (Wildman–Crippen MR) is 128 cm³/mol. The number of carbonyl (C=O) groups excluding carboxylic acids is 4. The summed E-state index contributed by atoms with van der Waals surface area (Å²) in [4.78, 5) is 54.2. The number of benzene rings is 1. The maximum atomic E-state index is 13.3. The van der Waals surface area contributed by atoms with Crippen LogP contribution in [0.15, 0.2) is 24.3 Å². The zero-order chi connectivity index (χ0) is 25.1. The number of hydrogen-bond donors (Lipinski definition) is 5. The smallest absolute Gasteiger partial charge is 0.268 e. The van der Waals surface area contributed by atoms with Gasteiger partial charge in [0.25, 0.3) is 17.7 Å². The van der Waals surface area contributed by atoms with E-state index in [1.54, 1.807) is 19.2 Å². The van der Waals surface area contributed by atoms with Crippen molar-refractivity contribution in [3.8, 4) is 5.75 Å². The number of amides is 4. The van der Waals surface area contributed by atoms with E-state index in [1.165, 1.54) is 5.01 Å². The normalized spacial score (nSPS) is 19.8. The van der Waals surface area contributed by atoms with Gasteiger partial charge in [0.2, 0.25) is 5.91 Å². The van der Waals surface area contributed by atoms with Gasteiger partial charge in [0.15, 0.2) is 0 Å². The van der Waals surface area contributed by atoms with E-state index in [0.717, 1.165) is 10.9 Å². The number of aromatic amines is 1. The average molecular weight is 485 g/mol. The summed E-state index contributed by atoms with van der Waals surface area (Å²) < 4.78 is 5.36. The lowest BCUT2D eigenvalue weighted by Crippen LogP contribution is -2.57. The molecular formula is C24H32N6O5. The molecule has 11 heteroatoms. The number of fused-ring (bicyclic) bond motifs is 1. The third-order valence-corrected chi connectivity index (χ3v) is 6.20. The third kappa shape index (κ3) is 5.73. The molecule has 1 unspecified atom stereocenters. The molecule has 5 N–H and O–H groups in total. The molecule has 35 heavy (non-hydrogen) atoms. The van der Waals surface area contributed by atoms with E-state index in [2.05, 4.69) is 26.4 Å². The van der Waals surface area contributed by atoms with Crippen LogP contribution in [0.3, 0.4) is 0 Å². The van der Waals surface area contributed by atoms with Crippen LogP contribution >= 0.6 is 0 Å². The molecule has 3 atom stereocenters. The number of carbonyl (C=O) groups is 4. The number of nitrogens with zero attached hydrogens (tertiary/aromatic N) is 1. The Bertz CT molecular complexity index is 1120. The minimum absolute atomic E-state index is 0.0821. The van der Waals surface area contributed by atoms with E-state index in [4.69, 9.17) is 4.74 Å². The first kappa shape index (κ1) is 24.5. The SMILES string of the molecule is COc1cccc2[nH]c(C(=O)N[C@@H](CC(C)C)C(=O)NN(C[C@@H]3CCNC3=O)C(=O)C3CN3)cc12. The second-order valence-electron chi connectivity index (χ2n) is 9.42. The second kappa shape index (κ2) is 10.3. The first-order valence-electron chi connectivity index (χ1n) is 11.9. The zero-order valence-corrected chi connectivity index (χ0v) is 20.1. The zero-order valence-electron chi connectivity index (χ0n) is 20.1. The summed E-state index contributed by atoms with van der Waals surface area (Å²) >= 11 is 0. The Labute approximate surface area is 203 Å². The van der Waals surface area contributed by atoms with Crippen molar-refractivity contribution in [2.75, 3.05) is 26.7 Å². The van der Waals surface area contributed by atoms with E-state index in [1.807, 2.05) is 26.0 Å². The van der Waals surface area contributed by atoms with E-state index in [0.29, 0.717) is 37.4 Å². The van der Waals surface area contributed by atoms with Gasteiger partial charge in [0.1, 0.15) is 23.5 Å². The molecule has 4 amide bonds. The van der Waals surface area contributed by atoms with Crippen molar-refractivity contribution in [3.05, 3.63) is 30.0 Å². The quantitative estimate of drug-likeness (QED) is 0.255. The monoisotopic (exact) mass is 484 g/mol. The van der Waals surface area contributed by atoms with Crippen LogP contribution in [-0.2, 0) is 14.4 Å². The fourth-order valence-electron chi connectivity index (χ4n) is 4.23. The van der Waals surface area contributed by atoms with Crippen molar-refractivity contribution in [3.63, 3.8) is 0 Å². The number of ether oxygens (including phenoxy) is 1. The van der Waals surface area contributed by atoms with Crippen molar-refractivity contribution >= 4 is 34.5 Å². The number of rotatable bonds is 9. The van der Waals surface area contributed by atoms with Crippen molar-refractivity contribution in [2.24, 2.45) is 11.8 Å². The number of H-pyrrole nitrogens is 1. The number of nitrogens with one attached hydrogen (secondary N) is 5. The van der Waals surface area contributed by atoms with E-state index in [-0.39, 0.29) is 30.3 Å². The standard InChI is InChI=1S/C24H32N6O5/c1-13(2)9-17(28-22(32)18-10-15-16(27-18)5-4-6-20(15)35-3)23(33)29-30(24(34)19-11-26-19)12-14-7-8-25-21(14)31/h4-6,10,13-14,17,19,26-27H,7-9,11-12H2,1-3H3,(H,25,31)(H,28,32)(H,29,33)/t14-,17-,19?/m0/s1. The van der Waals surface area contributed by atoms with Crippen LogP contribution in [0, 0.1) is 11.8 Å². The molecule has 0 bridgehead atoms. The minimum Gasteiger partial charge on any atom is -0.496 e. The van der Waals surface area contributed by atoms with Crippen molar-refractivity contribution < 1.29 is 23.9 Å². The molecule has 2 fully saturated rings. The van der Waals surface area contributed by atoms with Crippen molar-refractivity contribution in [1.29, 1.82) is 0 Å². The Balaban J connectivity index is 1.49. The topological polar surface area (TPSA) is 155 Å². The fraction of sp³-hybridized carbons (Fsp3) is 0.500. The summed E-state index contributed by atoms with van der Waals surface area (Å²) in [6.07, 6.45) is 0.960. The van der Waals surface area contributed by atoms with Crippen LogP contribution < -0.4 is 26.1 Å². The molecule has 2 aliphatic heterocycles. The maximum Gasteiger partial charge on any atom is 0.268 e. The fourth-order valence-corrected chi connectivity index (χ4v) is 4.23. The van der Waals surface area contributed by atoms with Crippen LogP contribution in [-0.4, -0.2) is 72.4 Å². The van der Waals surface area contributed by atoms with Gasteiger partial charge >= 0.3 is 0 Å². The molecule has 0 saturated carbocycles. The molecule has 3 heterocycles. The predicted octanol–water partition coefficient (Wildman–Crippen LogP) is 0.289. The second-order valence-corrected chi connectivity index (χ2v) is 9.42. The maximum absolute atomic E-state index is 13.3. The van der Waals surface area contributed by atoms with Gasteiger partial charge in [-0.3, -0.25) is 29.6 Å². The average Bonchev–Trinajstić information content (AvgIpc) is 3.45. The summed E-state index contributed by atoms with van der Waals surface area (Å²) in [5.41, 5.74) is 3.71. The van der Waals surface area contributed by atoms with Crippen LogP contribution in [0.4, 0.5) is 0 Å². The Morgan fingerprint density at radius 2 is 2.03 bits per heavy atom. The van der Waals surface area contributed by atoms with Gasteiger partial charge in [-0.05, 0) is 37.0 Å². The highest BCUT2D eigenvalue weighted by atomic mass is 16.5. The van der Waals surface area contributed by atoms with Crippen LogP contribution in [0.1, 0.15) is 37.2 Å². The van der Waals surface area contributed by atoms with Crippen LogP contribution in [0.2, 0.25) is 0 Å². The van der Waals surface area contributed by atoms with Gasteiger partial charge < -0.3 is 25.7 Å². The van der Waals surface area contributed by atoms with E-state index >= 15 is 0 Å². The lowest BCUT2D eigenvalue weighted by Gasteiger charge is -2.28. The Morgan fingerprint density at radius 3 is 2.66 bits per heavy atom. The Hall–Kier alpha value is -3.60. The molecule has 188 valence electrons. The molecule has 2 aromatic rings. The van der Waals surface area contributed by atoms with Gasteiger partial charge in [-0.1, -0.05) is 19.9 Å². The van der Waals surface area contributed by atoms with Crippen LogP contribution in [0.25, 0.3) is 10.9 Å². The first-order chi connectivity index (χ1) is 16.8. The molecule has 0 radical (unpaired) electrons. The van der Waals surface area contributed by atoms with Crippen molar-refractivity contribution in [1.82, 2.24) is 31.4 Å². The van der Waals surface area contributed by atoms with Crippen LogP contribution in [0.5, 0.6) is 5.75 Å². The largest absolute Gasteiger partial charge is 0.496 e. The highest BCUT2D eigenvalue weighted by Crippen LogP contribution is 2.26. The third-order valence-electron chi connectivity index (χ3n) is 6.20. The molecule has 1 aromatic heterocycles. The highest BCUT2D eigenvalue weighted by molar-refractivity contribution is 6.01. The Morgan fingerprint density at radius 1 is 1.26 bits per heavy atom. The van der Waals surface area contributed by atoms with Gasteiger partial charge in [-0.15, -0.1) is 0 Å². The summed E-state index contributed by atoms with van der Waals surface area (Å²) in [5, 5.41) is 10.5. The van der Waals surface area contributed by atoms with Gasteiger partial charge in [0, 0.05) is 24.0 Å². The highest BCUT2D eigenvalue weighted by Gasteiger charge is 2.37. The van der Waals surface area contributed by atoms with Gasteiger partial charge in [0.05, 0.1) is 19.6 Å². The lowest BCUT2D eigenvalue weighted by atomic mass is 10.0. The molecule has 0 aliphatic carbocycles. The van der Waals surface area contributed by atoms with E-state index < -0.39 is 23.8 Å². The summed E-state index contributed by atoms with van der Waals surface area (Å²) in [6, 6.07) is 5.88. The van der Waals surface area contributed by atoms with Gasteiger partial charge in [-0.2, -0.15) is 0 Å². The summed E-state index contributed by atoms with van der Waals surface area (Å²) in [6.45, 7) is 5.04. The molecule has 2 aliphatic rings. The Kier molecular flexibility index (Phi) is 7.25. The molecular weight excluding hydrogens is 452 g/mol. The molecule has 1 aromatic carbocycles. The van der Waals surface area contributed by atoms with E-state index in [9.17, 15) is 19.2 Å². The lowest BCUT2D eigenvalue weighted by molar-refractivity contribution is -0.143. The first-order valence-corrected chi connectivity index (χ1v) is 11.9. The minimum atomic E-state index is -0.879. The number of aromatic nitrogens is 1. The van der Waals surface area contributed by atoms with Crippen molar-refractivity contribution in [2.45, 2.75) is 38.8 Å². The van der Waals surface area contributed by atoms with Gasteiger partial charge in [-0.25, -0.2) is 0 Å². The molecule has 11 nitrogen and oxygen atoms in total. The number of hydrogen-bond acceptors (Lipinski definition) is 6. The number of hydrazine groups is 1. The molecule has 0 spiro atoms. The number of methoxy groups -OCH3 is 1.